The van der Waals surface area contributed by atoms with Crippen molar-refractivity contribution < 1.29 is 23.1 Å². The predicted octanol–water partition coefficient (Wildman–Crippen LogP) is 2.39. The van der Waals surface area contributed by atoms with Crippen molar-refractivity contribution in [2.45, 2.75) is 51.6 Å². The van der Waals surface area contributed by atoms with E-state index < -0.39 is 12.3 Å². The Kier molecular flexibility index (Phi) is 5.62. The Hall–Kier alpha value is -1.50. The Bertz CT molecular complexity index is 443. The number of alkyl halides is 3. The molecule has 2 N–H and O–H groups in total. The van der Waals surface area contributed by atoms with Crippen LogP contribution in [0.2, 0.25) is 0 Å². The number of rotatable bonds is 6. The first-order valence-corrected chi connectivity index (χ1v) is 6.43. The van der Waals surface area contributed by atoms with Gasteiger partial charge in [-0.2, -0.15) is 13.2 Å². The van der Waals surface area contributed by atoms with Crippen LogP contribution in [0.25, 0.3) is 0 Å². The lowest BCUT2D eigenvalue weighted by molar-refractivity contribution is -0.206. The van der Waals surface area contributed by atoms with Gasteiger partial charge in [-0.15, -0.1) is 0 Å². The van der Waals surface area contributed by atoms with Gasteiger partial charge in [0.15, 0.2) is 6.10 Å². The van der Waals surface area contributed by atoms with E-state index in [0.717, 1.165) is 25.1 Å². The first-order valence-electron chi connectivity index (χ1n) is 6.43. The van der Waals surface area contributed by atoms with E-state index in [1.807, 2.05) is 13.8 Å². The number of hydrogen-bond acceptors (Lipinski definition) is 2. The third-order valence-corrected chi connectivity index (χ3v) is 2.85. The van der Waals surface area contributed by atoms with Gasteiger partial charge in [-0.1, -0.05) is 13.3 Å². The maximum absolute atomic E-state index is 12.3. The van der Waals surface area contributed by atoms with Gasteiger partial charge in [0.25, 0.3) is 0 Å². The summed E-state index contributed by atoms with van der Waals surface area (Å²) in [6.45, 7) is 3.80. The van der Waals surface area contributed by atoms with Crippen LogP contribution in [0.1, 0.15) is 38.4 Å². The lowest BCUT2D eigenvalue weighted by Gasteiger charge is -2.14. The van der Waals surface area contributed by atoms with Gasteiger partial charge in [-0.05, 0) is 19.4 Å². The highest BCUT2D eigenvalue weighted by Crippen LogP contribution is 2.32. The average molecular weight is 292 g/mol. The second kappa shape index (κ2) is 6.78. The highest BCUT2D eigenvalue weighted by Gasteiger charge is 2.39. The third-order valence-electron chi connectivity index (χ3n) is 2.85. The average Bonchev–Trinajstić information content (AvgIpc) is 2.74. The minimum Gasteiger partial charge on any atom is -0.379 e. The number of carbonyl (C=O) groups is 1. The summed E-state index contributed by atoms with van der Waals surface area (Å²) < 4.78 is 38.3. The molecule has 7 heteroatoms. The Morgan fingerprint density at radius 3 is 2.70 bits per heavy atom. The molecule has 0 saturated carbocycles. The van der Waals surface area contributed by atoms with Crippen molar-refractivity contribution in [3.05, 3.63) is 24.0 Å². The van der Waals surface area contributed by atoms with Crippen LogP contribution >= 0.6 is 0 Å². The number of nitrogens with one attached hydrogen (secondary N) is 1. The molecular weight excluding hydrogens is 273 g/mol. The van der Waals surface area contributed by atoms with Gasteiger partial charge < -0.3 is 15.0 Å². The summed E-state index contributed by atoms with van der Waals surface area (Å²) in [5.74, 6) is -0.269. The molecule has 0 fully saturated rings. The number of amides is 1. The van der Waals surface area contributed by atoms with Crippen LogP contribution in [-0.2, 0) is 11.3 Å². The summed E-state index contributed by atoms with van der Waals surface area (Å²) >= 11 is 0. The third kappa shape index (κ3) is 4.88. The van der Waals surface area contributed by atoms with Gasteiger partial charge in [-0.25, -0.2) is 0 Å². The molecular formula is C13H19F3N2O2. The maximum Gasteiger partial charge on any atom is 0.418 e. The number of aliphatic hydroxyl groups is 1. The van der Waals surface area contributed by atoms with E-state index in [-0.39, 0.29) is 24.1 Å². The number of aliphatic hydroxyl groups excluding tert-OH is 1. The molecule has 0 spiro atoms. The smallest absolute Gasteiger partial charge is 0.379 e. The Morgan fingerprint density at radius 2 is 2.15 bits per heavy atom. The first kappa shape index (κ1) is 16.6. The van der Waals surface area contributed by atoms with E-state index in [2.05, 4.69) is 5.32 Å². The molecule has 0 bridgehead atoms. The van der Waals surface area contributed by atoms with Crippen LogP contribution in [0.15, 0.2) is 18.5 Å². The van der Waals surface area contributed by atoms with Crippen molar-refractivity contribution in [2.24, 2.45) is 0 Å². The van der Waals surface area contributed by atoms with Gasteiger partial charge in [0, 0.05) is 24.0 Å². The molecule has 0 radical (unpaired) electrons. The Labute approximate surface area is 115 Å². The fourth-order valence-corrected chi connectivity index (χ4v) is 1.90. The van der Waals surface area contributed by atoms with Gasteiger partial charge >= 0.3 is 6.18 Å². The lowest BCUT2D eigenvalue weighted by Crippen LogP contribution is -2.34. The topological polar surface area (TPSA) is 54.3 Å². The zero-order valence-electron chi connectivity index (χ0n) is 11.4. The Morgan fingerprint density at radius 1 is 1.50 bits per heavy atom. The summed E-state index contributed by atoms with van der Waals surface area (Å²) in [6, 6.07) is 1.18. The molecule has 1 amide bonds. The minimum atomic E-state index is -4.70. The quantitative estimate of drug-likeness (QED) is 0.846. The summed E-state index contributed by atoms with van der Waals surface area (Å²) in [5, 5.41) is 11.8. The van der Waals surface area contributed by atoms with Crippen molar-refractivity contribution in [1.82, 2.24) is 9.88 Å². The SMILES string of the molecule is CCCC(C)NC(=O)Cn1ccc(C(O)C(F)(F)F)c1. The van der Waals surface area contributed by atoms with E-state index in [1.165, 1.54) is 10.8 Å². The highest BCUT2D eigenvalue weighted by molar-refractivity contribution is 5.76. The van der Waals surface area contributed by atoms with E-state index >= 15 is 0 Å². The van der Waals surface area contributed by atoms with Gasteiger partial charge in [-0.3, -0.25) is 4.79 Å². The second-order valence-corrected chi connectivity index (χ2v) is 4.82. The largest absolute Gasteiger partial charge is 0.418 e. The van der Waals surface area contributed by atoms with Crippen molar-refractivity contribution >= 4 is 5.91 Å². The summed E-state index contributed by atoms with van der Waals surface area (Å²) in [5.41, 5.74) is -0.271. The van der Waals surface area contributed by atoms with Crippen LogP contribution in [0.4, 0.5) is 13.2 Å². The summed E-state index contributed by atoms with van der Waals surface area (Å²) in [6.07, 6.45) is -2.98. The number of aromatic nitrogens is 1. The first-order chi connectivity index (χ1) is 9.24. The molecule has 4 nitrogen and oxygen atoms in total. The zero-order chi connectivity index (χ0) is 15.3. The standard InChI is InChI=1S/C13H19F3N2O2/c1-3-4-9(2)17-11(19)8-18-6-5-10(7-18)12(20)13(14,15)16/h5-7,9,12,20H,3-4,8H2,1-2H3,(H,17,19). The molecule has 0 aliphatic rings. The van der Waals surface area contributed by atoms with Crippen molar-refractivity contribution in [1.29, 1.82) is 0 Å². The number of hydrogen-bond donors (Lipinski definition) is 2. The van der Waals surface area contributed by atoms with E-state index in [1.54, 1.807) is 0 Å². The fraction of sp³-hybridized carbons (Fsp3) is 0.615. The van der Waals surface area contributed by atoms with Crippen molar-refractivity contribution in [2.75, 3.05) is 0 Å². The van der Waals surface area contributed by atoms with E-state index in [9.17, 15) is 18.0 Å². The number of carbonyl (C=O) groups excluding carboxylic acids is 1. The van der Waals surface area contributed by atoms with Crippen LogP contribution in [0.3, 0.4) is 0 Å². The Balaban J connectivity index is 2.58. The van der Waals surface area contributed by atoms with Gasteiger partial charge in [0.2, 0.25) is 5.91 Å². The second-order valence-electron chi connectivity index (χ2n) is 4.82. The lowest BCUT2D eigenvalue weighted by atomic mass is 10.2. The molecule has 0 aliphatic carbocycles. The minimum absolute atomic E-state index is 0.0308. The normalized spacial score (nSPS) is 14.9. The molecule has 1 aromatic rings. The summed E-state index contributed by atoms with van der Waals surface area (Å²) in [7, 11) is 0. The van der Waals surface area contributed by atoms with Crippen molar-refractivity contribution in [3.8, 4) is 0 Å². The molecule has 1 rings (SSSR count). The fourth-order valence-electron chi connectivity index (χ4n) is 1.90. The maximum atomic E-state index is 12.3. The molecule has 0 aliphatic heterocycles. The molecule has 20 heavy (non-hydrogen) atoms. The number of nitrogens with zero attached hydrogens (tertiary/aromatic N) is 1. The van der Waals surface area contributed by atoms with Crippen LogP contribution in [-0.4, -0.2) is 27.8 Å². The molecule has 114 valence electrons. The van der Waals surface area contributed by atoms with Crippen molar-refractivity contribution in [3.63, 3.8) is 0 Å². The van der Waals surface area contributed by atoms with Gasteiger partial charge in [0.1, 0.15) is 6.54 Å². The molecule has 0 saturated heterocycles. The zero-order valence-corrected chi connectivity index (χ0v) is 11.4. The molecule has 2 unspecified atom stereocenters. The van der Waals surface area contributed by atoms with Crippen LogP contribution in [0, 0.1) is 0 Å². The molecule has 1 aromatic heterocycles. The van der Waals surface area contributed by atoms with Crippen LogP contribution < -0.4 is 5.32 Å². The number of halogens is 3. The van der Waals surface area contributed by atoms with E-state index in [0.29, 0.717) is 0 Å². The highest BCUT2D eigenvalue weighted by atomic mass is 19.4. The van der Waals surface area contributed by atoms with Crippen LogP contribution in [0.5, 0.6) is 0 Å². The molecule has 1 heterocycles. The molecule has 2 atom stereocenters. The van der Waals surface area contributed by atoms with E-state index in [4.69, 9.17) is 5.11 Å². The monoisotopic (exact) mass is 292 g/mol. The summed E-state index contributed by atoms with van der Waals surface area (Å²) in [4.78, 5) is 11.7. The predicted molar refractivity (Wildman–Crippen MR) is 68.0 cm³/mol. The molecule has 0 aromatic carbocycles. The van der Waals surface area contributed by atoms with Gasteiger partial charge in [0.05, 0.1) is 0 Å².